The average molecular weight is 1090 g/mol. The van der Waals surface area contributed by atoms with Gasteiger partial charge in [0.15, 0.2) is 17.2 Å². The van der Waals surface area contributed by atoms with E-state index in [4.69, 9.17) is 42.6 Å². The van der Waals surface area contributed by atoms with Crippen molar-refractivity contribution in [2.75, 3.05) is 47.6 Å². The molecule has 21 heteroatoms. The van der Waals surface area contributed by atoms with E-state index in [0.29, 0.717) is 12.8 Å². The fraction of sp³-hybridized carbons (Fsp3) is 0.614. The van der Waals surface area contributed by atoms with Crippen LogP contribution in [0.15, 0.2) is 71.8 Å². The molecule has 1 heterocycles. The fourth-order valence-electron chi connectivity index (χ4n) is 11.8. The van der Waals surface area contributed by atoms with Crippen LogP contribution in [0.1, 0.15) is 116 Å². The molecule has 2 bridgehead atoms. The second kappa shape index (κ2) is 24.9. The number of fused-ring (bicyclic) bond motifs is 5. The van der Waals surface area contributed by atoms with Gasteiger partial charge in [0.05, 0.1) is 35.6 Å². The number of alkyl carbamates (subject to hydrolysis) is 1. The summed E-state index contributed by atoms with van der Waals surface area (Å²) in [6.45, 7) is 12.8. The zero-order chi connectivity index (χ0) is 57.5. The largest absolute Gasteiger partial charge is 0.455 e. The molecule has 12 atom stereocenters. The minimum Gasteiger partial charge on any atom is -0.455 e. The molecule has 1 saturated heterocycles. The molecule has 1 aliphatic heterocycles. The number of benzene rings is 2. The number of carbonyl (C=O) groups excluding carboxylic acids is 8. The molecule has 2 saturated carbocycles. The number of hydrogen-bond donors (Lipinski definition) is 4. The van der Waals surface area contributed by atoms with Gasteiger partial charge < -0.3 is 63.7 Å². The summed E-state index contributed by atoms with van der Waals surface area (Å²) in [5.74, 6) is -7.01. The molecule has 428 valence electrons. The SMILES string of the molecule is CNCCCCC(NC(=O)COCC(=O)OC(C(=O)O[C@H]1C[C@@]2(O)[C@@H](OC(=O)c3ccccc3)C3[C@]4(OC(C)=O)COC4C[C@H](OC)[C@@]3(C)C(=O)[C@H](OC)C(=C1C)C2(C)C)[C@@H](NC(=O)OC(C)(C)C)c1ccccc1)C(C)=O. The van der Waals surface area contributed by atoms with Gasteiger partial charge in [-0.3, -0.25) is 19.2 Å². The first-order valence-electron chi connectivity index (χ1n) is 26.3. The maximum Gasteiger partial charge on any atom is 0.408 e. The Labute approximate surface area is 455 Å². The van der Waals surface area contributed by atoms with E-state index in [9.17, 15) is 33.9 Å². The van der Waals surface area contributed by atoms with E-state index in [1.54, 1.807) is 104 Å². The third kappa shape index (κ3) is 12.7. The first-order valence-corrected chi connectivity index (χ1v) is 26.3. The number of esters is 4. The Bertz CT molecular complexity index is 2570. The van der Waals surface area contributed by atoms with Gasteiger partial charge >= 0.3 is 30.0 Å². The van der Waals surface area contributed by atoms with Gasteiger partial charge in [0.1, 0.15) is 54.9 Å². The van der Waals surface area contributed by atoms with Crippen LogP contribution in [0.25, 0.3) is 0 Å². The lowest BCUT2D eigenvalue weighted by Gasteiger charge is -2.67. The first-order chi connectivity index (χ1) is 36.7. The first kappa shape index (κ1) is 61.1. The summed E-state index contributed by atoms with van der Waals surface area (Å²) in [6, 6.07) is 13.7. The van der Waals surface area contributed by atoms with E-state index < -0.39 is 144 Å². The van der Waals surface area contributed by atoms with Crippen LogP contribution >= 0.6 is 0 Å². The minimum absolute atomic E-state index is 0.0639. The molecule has 2 amide bonds. The Hall–Kier alpha value is -6.10. The van der Waals surface area contributed by atoms with E-state index in [0.717, 1.165) is 13.0 Å². The average Bonchev–Trinajstić information content (AvgIpc) is 3.57. The highest BCUT2D eigenvalue weighted by Crippen LogP contribution is 2.65. The van der Waals surface area contributed by atoms with Crippen molar-refractivity contribution in [1.29, 1.82) is 0 Å². The van der Waals surface area contributed by atoms with E-state index >= 15 is 9.59 Å². The molecule has 6 rings (SSSR count). The number of methoxy groups -OCH3 is 2. The van der Waals surface area contributed by atoms with Crippen LogP contribution in [0.3, 0.4) is 0 Å². The Kier molecular flexibility index (Phi) is 19.5. The molecule has 2 aromatic carbocycles. The number of hydrogen-bond acceptors (Lipinski definition) is 19. The van der Waals surface area contributed by atoms with E-state index in [1.165, 1.54) is 40.2 Å². The molecular formula is C57H77N3O18. The Morgan fingerprint density at radius 2 is 1.53 bits per heavy atom. The highest BCUT2D eigenvalue weighted by Gasteiger charge is 2.78. The van der Waals surface area contributed by atoms with Gasteiger partial charge in [-0.2, -0.15) is 0 Å². The van der Waals surface area contributed by atoms with Crippen molar-refractivity contribution in [3.8, 4) is 0 Å². The van der Waals surface area contributed by atoms with Gasteiger partial charge in [-0.25, -0.2) is 19.2 Å². The van der Waals surface area contributed by atoms with E-state index in [1.807, 2.05) is 0 Å². The molecule has 78 heavy (non-hydrogen) atoms. The molecule has 0 aromatic heterocycles. The molecule has 3 fully saturated rings. The van der Waals surface area contributed by atoms with Crippen LogP contribution in [0.2, 0.25) is 0 Å². The molecule has 21 nitrogen and oxygen atoms in total. The lowest BCUT2D eigenvalue weighted by molar-refractivity contribution is -0.347. The molecule has 0 spiro atoms. The molecule has 4 unspecified atom stereocenters. The van der Waals surface area contributed by atoms with Crippen molar-refractivity contribution in [2.24, 2.45) is 16.7 Å². The normalized spacial score (nSPS) is 28.3. The topological polar surface area (TPSA) is 276 Å². The van der Waals surface area contributed by atoms with Crippen molar-refractivity contribution in [1.82, 2.24) is 16.0 Å². The summed E-state index contributed by atoms with van der Waals surface area (Å²) in [4.78, 5) is 112. The number of nitrogens with one attached hydrogen (secondary N) is 3. The van der Waals surface area contributed by atoms with Crippen LogP contribution in [-0.4, -0.2) is 160 Å². The molecule has 4 aliphatic rings. The molecule has 2 aromatic rings. The number of ketones is 2. The van der Waals surface area contributed by atoms with Gasteiger partial charge in [0, 0.05) is 39.4 Å². The van der Waals surface area contributed by atoms with Crippen molar-refractivity contribution in [2.45, 2.75) is 160 Å². The zero-order valence-corrected chi connectivity index (χ0v) is 46.7. The van der Waals surface area contributed by atoms with Crippen molar-refractivity contribution in [3.63, 3.8) is 0 Å². The summed E-state index contributed by atoms with van der Waals surface area (Å²) < 4.78 is 54.5. The van der Waals surface area contributed by atoms with E-state index in [2.05, 4.69) is 16.0 Å². The number of carbonyl (C=O) groups is 8. The summed E-state index contributed by atoms with van der Waals surface area (Å²) in [7, 11) is 4.53. The quantitative estimate of drug-likeness (QED) is 0.0543. The third-order valence-electron chi connectivity index (χ3n) is 15.7. The molecule has 3 aliphatic carbocycles. The number of Topliss-reactive ketones (excluding diaryl/α,β-unsaturated/α-hetero) is 2. The van der Waals surface area contributed by atoms with Crippen molar-refractivity contribution >= 4 is 47.4 Å². The molecular weight excluding hydrogens is 1010 g/mol. The van der Waals surface area contributed by atoms with Crippen LogP contribution < -0.4 is 16.0 Å². The predicted molar refractivity (Wildman–Crippen MR) is 278 cm³/mol. The van der Waals surface area contributed by atoms with Crippen LogP contribution in [0, 0.1) is 16.7 Å². The Morgan fingerprint density at radius 1 is 0.872 bits per heavy atom. The monoisotopic (exact) mass is 1090 g/mol. The molecule has 0 radical (unpaired) electrons. The van der Waals surface area contributed by atoms with Gasteiger partial charge in [-0.1, -0.05) is 62.4 Å². The summed E-state index contributed by atoms with van der Waals surface area (Å²) >= 11 is 0. The Morgan fingerprint density at radius 3 is 2.09 bits per heavy atom. The maximum absolute atomic E-state index is 15.9. The zero-order valence-electron chi connectivity index (χ0n) is 46.7. The second-order valence-corrected chi connectivity index (χ2v) is 22.3. The fourth-order valence-corrected chi connectivity index (χ4v) is 11.8. The smallest absolute Gasteiger partial charge is 0.408 e. The van der Waals surface area contributed by atoms with Crippen LogP contribution in [0.4, 0.5) is 4.79 Å². The van der Waals surface area contributed by atoms with Gasteiger partial charge in [0.25, 0.3) is 0 Å². The lowest BCUT2D eigenvalue weighted by atomic mass is 9.44. The van der Waals surface area contributed by atoms with Gasteiger partial charge in [-0.05, 0) is 103 Å². The summed E-state index contributed by atoms with van der Waals surface area (Å²) in [5.41, 5.74) is -7.64. The number of ether oxygens (including phenoxy) is 9. The number of rotatable bonds is 22. The van der Waals surface area contributed by atoms with Gasteiger partial charge in [0.2, 0.25) is 12.0 Å². The number of amides is 2. The predicted octanol–water partition coefficient (Wildman–Crippen LogP) is 4.60. The van der Waals surface area contributed by atoms with Crippen LogP contribution in [-0.2, 0) is 71.4 Å². The highest BCUT2D eigenvalue weighted by molar-refractivity contribution is 5.94. The lowest BCUT2D eigenvalue weighted by Crippen LogP contribution is -2.82. The second-order valence-electron chi connectivity index (χ2n) is 22.3. The third-order valence-corrected chi connectivity index (χ3v) is 15.7. The van der Waals surface area contributed by atoms with Crippen molar-refractivity contribution in [3.05, 3.63) is 82.9 Å². The van der Waals surface area contributed by atoms with Crippen molar-refractivity contribution < 1.29 is 86.1 Å². The summed E-state index contributed by atoms with van der Waals surface area (Å²) in [5, 5.41) is 22.4. The Balaban J connectivity index is 1.45. The van der Waals surface area contributed by atoms with E-state index in [-0.39, 0.29) is 41.1 Å². The summed E-state index contributed by atoms with van der Waals surface area (Å²) in [6.07, 6.45) is -8.38. The molecule has 4 N–H and O–H groups in total. The van der Waals surface area contributed by atoms with Crippen LogP contribution in [0.5, 0.6) is 0 Å². The minimum atomic E-state index is -2.36. The number of aliphatic hydroxyl groups is 1. The maximum atomic E-state index is 15.9. The van der Waals surface area contributed by atoms with Gasteiger partial charge in [-0.15, -0.1) is 0 Å². The number of unbranched alkanes of at least 4 members (excludes halogenated alkanes) is 1. The highest BCUT2D eigenvalue weighted by atomic mass is 16.6. The standard InChI is InChI=1S/C57H77N3O18/c1-32-38(74-51(67)46(44(35-21-15-13-16-22-35)60-52(68)78-53(4,5)6)75-42(64)30-72-29-41(63)59-37(33(2)61)25-19-20-26-58-10)28-57(69)49(76-50(66)36-23-17-14-18-24-36)47-55(9,48(65)45(71-12)43(32)54(57,7)8)39(70-11)27-40-56(47,31-73-40)77-34(3)62/h13-18,21-24,37-40,44-47,49,58,69H,19-20,25-31H2,1-12H3,(H,59,63)(H,60,68)/t37?,38-,39-,40?,44-,45+,46?,47?,49-,55+,56-,57+/m0/s1.